The van der Waals surface area contributed by atoms with Gasteiger partial charge in [0.2, 0.25) is 0 Å². The minimum atomic E-state index is 0.0746. The molecular formula is C13H16N2O. The van der Waals surface area contributed by atoms with Crippen molar-refractivity contribution in [2.75, 3.05) is 0 Å². The van der Waals surface area contributed by atoms with Gasteiger partial charge in [-0.15, -0.1) is 0 Å². The molecule has 1 N–H and O–H groups in total. The summed E-state index contributed by atoms with van der Waals surface area (Å²) < 4.78 is 1.62. The van der Waals surface area contributed by atoms with E-state index in [4.69, 9.17) is 0 Å². The minimum Gasteiger partial charge on any atom is -0.295 e. The Labute approximate surface area is 94.7 Å². The predicted molar refractivity (Wildman–Crippen MR) is 65.1 cm³/mol. The number of aromatic nitrogens is 2. The highest BCUT2D eigenvalue weighted by Crippen LogP contribution is 2.08. The summed E-state index contributed by atoms with van der Waals surface area (Å²) in [6, 6.07) is 9.66. The molecule has 0 spiro atoms. The molecule has 1 heterocycles. The third-order valence-electron chi connectivity index (χ3n) is 2.79. The SMILES string of the molecule is CCc1[nH]n(-c2ccccc2)c(=O)c1CC. The van der Waals surface area contributed by atoms with Crippen molar-refractivity contribution in [2.45, 2.75) is 26.7 Å². The number of aryl methyl sites for hydroxylation is 1. The number of hydrogen-bond donors (Lipinski definition) is 1. The third kappa shape index (κ3) is 1.69. The predicted octanol–water partition coefficient (Wildman–Crippen LogP) is 2.29. The highest BCUT2D eigenvalue weighted by Gasteiger charge is 2.11. The summed E-state index contributed by atoms with van der Waals surface area (Å²) in [6.07, 6.45) is 1.64. The van der Waals surface area contributed by atoms with Gasteiger partial charge in [0.15, 0.2) is 0 Å². The second-order valence-corrected chi connectivity index (χ2v) is 3.75. The summed E-state index contributed by atoms with van der Waals surface area (Å²) in [5, 5.41) is 3.17. The van der Waals surface area contributed by atoms with Crippen LogP contribution in [-0.2, 0) is 12.8 Å². The zero-order valence-corrected chi connectivity index (χ0v) is 9.66. The van der Waals surface area contributed by atoms with E-state index >= 15 is 0 Å². The van der Waals surface area contributed by atoms with Gasteiger partial charge >= 0.3 is 0 Å². The van der Waals surface area contributed by atoms with Crippen molar-refractivity contribution >= 4 is 0 Å². The lowest BCUT2D eigenvalue weighted by atomic mass is 10.1. The van der Waals surface area contributed by atoms with Gasteiger partial charge < -0.3 is 0 Å². The number of nitrogens with one attached hydrogen (secondary N) is 1. The lowest BCUT2D eigenvalue weighted by molar-refractivity contribution is 0.819. The van der Waals surface area contributed by atoms with Crippen LogP contribution in [0.4, 0.5) is 0 Å². The Bertz CT molecular complexity index is 523. The van der Waals surface area contributed by atoms with Crippen molar-refractivity contribution in [3.63, 3.8) is 0 Å². The average molecular weight is 216 g/mol. The van der Waals surface area contributed by atoms with Gasteiger partial charge in [-0.3, -0.25) is 9.89 Å². The quantitative estimate of drug-likeness (QED) is 0.839. The summed E-state index contributed by atoms with van der Waals surface area (Å²) in [6.45, 7) is 4.07. The van der Waals surface area contributed by atoms with E-state index in [9.17, 15) is 4.79 Å². The van der Waals surface area contributed by atoms with Crippen LogP contribution >= 0.6 is 0 Å². The highest BCUT2D eigenvalue weighted by molar-refractivity contribution is 5.32. The lowest BCUT2D eigenvalue weighted by Crippen LogP contribution is -2.16. The van der Waals surface area contributed by atoms with Crippen LogP contribution in [0, 0.1) is 0 Å². The molecule has 0 saturated carbocycles. The first kappa shape index (κ1) is 10.7. The first-order valence-corrected chi connectivity index (χ1v) is 5.66. The van der Waals surface area contributed by atoms with Gasteiger partial charge in [-0.05, 0) is 25.0 Å². The number of rotatable bonds is 3. The number of aromatic amines is 1. The lowest BCUT2D eigenvalue weighted by Gasteiger charge is -1.99. The van der Waals surface area contributed by atoms with Gasteiger partial charge in [-0.2, -0.15) is 0 Å². The van der Waals surface area contributed by atoms with E-state index in [1.807, 2.05) is 37.3 Å². The van der Waals surface area contributed by atoms with Gasteiger partial charge in [0.1, 0.15) is 0 Å². The molecule has 0 unspecified atom stereocenters. The van der Waals surface area contributed by atoms with Gasteiger partial charge in [0.25, 0.3) is 5.56 Å². The Kier molecular flexibility index (Phi) is 2.95. The molecule has 0 radical (unpaired) electrons. The second kappa shape index (κ2) is 4.39. The van der Waals surface area contributed by atoms with Gasteiger partial charge in [0.05, 0.1) is 5.69 Å². The number of benzene rings is 1. The van der Waals surface area contributed by atoms with E-state index in [1.165, 1.54) is 0 Å². The van der Waals surface area contributed by atoms with Crippen LogP contribution in [-0.4, -0.2) is 9.78 Å². The normalized spacial score (nSPS) is 10.6. The van der Waals surface area contributed by atoms with Crippen molar-refractivity contribution in [1.82, 2.24) is 9.78 Å². The van der Waals surface area contributed by atoms with Crippen LogP contribution in [0.25, 0.3) is 5.69 Å². The Morgan fingerprint density at radius 1 is 1.12 bits per heavy atom. The van der Waals surface area contributed by atoms with Crippen molar-refractivity contribution in [2.24, 2.45) is 0 Å². The van der Waals surface area contributed by atoms with Crippen LogP contribution in [0.2, 0.25) is 0 Å². The summed E-state index contributed by atoms with van der Waals surface area (Å²) in [5.74, 6) is 0. The first-order valence-electron chi connectivity index (χ1n) is 5.66. The monoisotopic (exact) mass is 216 g/mol. The minimum absolute atomic E-state index is 0.0746. The van der Waals surface area contributed by atoms with Gasteiger partial charge in [-0.25, -0.2) is 4.68 Å². The number of nitrogens with zero attached hydrogens (tertiary/aromatic N) is 1. The van der Waals surface area contributed by atoms with E-state index < -0.39 is 0 Å². The second-order valence-electron chi connectivity index (χ2n) is 3.75. The molecule has 84 valence electrons. The van der Waals surface area contributed by atoms with E-state index in [0.29, 0.717) is 0 Å². The maximum atomic E-state index is 12.1. The summed E-state index contributed by atoms with van der Waals surface area (Å²) in [7, 11) is 0. The van der Waals surface area contributed by atoms with Crippen LogP contribution in [0.5, 0.6) is 0 Å². The molecule has 0 aliphatic rings. The average Bonchev–Trinajstić information content (AvgIpc) is 2.66. The number of para-hydroxylation sites is 1. The van der Waals surface area contributed by atoms with E-state index in [-0.39, 0.29) is 5.56 Å². The van der Waals surface area contributed by atoms with Crippen LogP contribution in [0.3, 0.4) is 0 Å². The first-order chi connectivity index (χ1) is 7.77. The zero-order valence-electron chi connectivity index (χ0n) is 9.66. The fraction of sp³-hybridized carbons (Fsp3) is 0.308. The van der Waals surface area contributed by atoms with Crippen molar-refractivity contribution < 1.29 is 0 Å². The van der Waals surface area contributed by atoms with Gasteiger partial charge in [0, 0.05) is 11.3 Å². The summed E-state index contributed by atoms with van der Waals surface area (Å²) in [4.78, 5) is 12.1. The van der Waals surface area contributed by atoms with E-state index in [0.717, 1.165) is 29.8 Å². The molecule has 0 aliphatic carbocycles. The van der Waals surface area contributed by atoms with Crippen LogP contribution in [0.1, 0.15) is 25.1 Å². The highest BCUT2D eigenvalue weighted by atomic mass is 16.1. The molecule has 16 heavy (non-hydrogen) atoms. The molecule has 2 aromatic rings. The molecule has 2 rings (SSSR count). The molecule has 0 fully saturated rings. The fourth-order valence-corrected chi connectivity index (χ4v) is 1.93. The van der Waals surface area contributed by atoms with Crippen molar-refractivity contribution in [3.05, 3.63) is 51.9 Å². The maximum absolute atomic E-state index is 12.1. The van der Waals surface area contributed by atoms with Crippen molar-refractivity contribution in [1.29, 1.82) is 0 Å². The molecule has 1 aromatic carbocycles. The fourth-order valence-electron chi connectivity index (χ4n) is 1.93. The van der Waals surface area contributed by atoms with Crippen LogP contribution < -0.4 is 5.56 Å². The molecule has 0 amide bonds. The Hall–Kier alpha value is -1.77. The molecule has 0 saturated heterocycles. The zero-order chi connectivity index (χ0) is 11.5. The van der Waals surface area contributed by atoms with Gasteiger partial charge in [-0.1, -0.05) is 32.0 Å². The standard InChI is InChI=1S/C13H16N2O/c1-3-11-12(4-2)14-15(13(11)16)10-8-6-5-7-9-10/h5-9,14H,3-4H2,1-2H3. The molecule has 3 nitrogen and oxygen atoms in total. The Morgan fingerprint density at radius 2 is 1.81 bits per heavy atom. The Morgan fingerprint density at radius 3 is 2.31 bits per heavy atom. The van der Waals surface area contributed by atoms with Crippen molar-refractivity contribution in [3.8, 4) is 5.69 Å². The number of H-pyrrole nitrogens is 1. The summed E-state index contributed by atoms with van der Waals surface area (Å²) >= 11 is 0. The molecule has 0 bridgehead atoms. The molecule has 0 aliphatic heterocycles. The largest absolute Gasteiger partial charge is 0.295 e. The van der Waals surface area contributed by atoms with E-state index in [2.05, 4.69) is 12.0 Å². The molecule has 0 atom stereocenters. The molecule has 1 aromatic heterocycles. The van der Waals surface area contributed by atoms with Crippen LogP contribution in [0.15, 0.2) is 35.1 Å². The van der Waals surface area contributed by atoms with E-state index in [1.54, 1.807) is 4.68 Å². The smallest absolute Gasteiger partial charge is 0.274 e. The molecular weight excluding hydrogens is 200 g/mol. The Balaban J connectivity index is 2.59. The summed E-state index contributed by atoms with van der Waals surface area (Å²) in [5.41, 5.74) is 2.90. The third-order valence-corrected chi connectivity index (χ3v) is 2.79. The topological polar surface area (TPSA) is 37.8 Å². The number of hydrogen-bond acceptors (Lipinski definition) is 1. The maximum Gasteiger partial charge on any atom is 0.274 e. The molecule has 3 heteroatoms.